The summed E-state index contributed by atoms with van der Waals surface area (Å²) in [6, 6.07) is 81.2. The molecule has 0 N–H and O–H groups in total. The van der Waals surface area contributed by atoms with Gasteiger partial charge in [-0.25, -0.2) is 0 Å². The van der Waals surface area contributed by atoms with Crippen LogP contribution in [0.3, 0.4) is 0 Å². The van der Waals surface area contributed by atoms with Gasteiger partial charge in [-0.3, -0.25) is 0 Å². The Morgan fingerprint density at radius 3 is 1.80 bits per heavy atom. The quantitative estimate of drug-likeness (QED) is 0.176. The van der Waals surface area contributed by atoms with Crippen molar-refractivity contribution in [3.8, 4) is 16.8 Å². The Bertz CT molecular complexity index is 3490. The molecular weight excluding hydrogens is 745 g/mol. The highest BCUT2D eigenvalue weighted by molar-refractivity contribution is 7.99. The van der Waals surface area contributed by atoms with Crippen LogP contribution in [0.15, 0.2) is 228 Å². The van der Waals surface area contributed by atoms with Crippen molar-refractivity contribution in [2.24, 2.45) is 0 Å². The van der Waals surface area contributed by atoms with E-state index in [1.54, 1.807) is 0 Å². The Morgan fingerprint density at radius 2 is 0.967 bits per heavy atom. The summed E-state index contributed by atoms with van der Waals surface area (Å²) in [6.45, 7) is 0. The van der Waals surface area contributed by atoms with Gasteiger partial charge in [0.25, 0.3) is 0 Å². The van der Waals surface area contributed by atoms with Gasteiger partial charge in [-0.05, 0) is 116 Å². The molecule has 0 amide bonds. The first-order valence-corrected chi connectivity index (χ1v) is 21.5. The average Bonchev–Trinajstić information content (AvgIpc) is 3.64. The molecule has 2 heterocycles. The van der Waals surface area contributed by atoms with Crippen LogP contribution in [-0.4, -0.2) is 4.57 Å². The van der Waals surface area contributed by atoms with Gasteiger partial charge in [-0.15, -0.1) is 0 Å². The molecule has 10 aromatic carbocycles. The number of benzene rings is 10. The number of hydrogen-bond acceptors (Lipinski definition) is 2. The molecule has 1 aliphatic carbocycles. The maximum Gasteiger partial charge on any atom is 0.0736 e. The minimum absolute atomic E-state index is 0.532. The van der Waals surface area contributed by atoms with Crippen LogP contribution in [0.5, 0.6) is 0 Å². The van der Waals surface area contributed by atoms with Crippen molar-refractivity contribution in [2.75, 3.05) is 4.90 Å². The molecule has 0 radical (unpaired) electrons. The number of anilines is 3. The fraction of sp³-hybridized carbons (Fsp3) is 0.0175. The smallest absolute Gasteiger partial charge is 0.0736 e. The minimum Gasteiger partial charge on any atom is -0.310 e. The molecule has 13 rings (SSSR count). The summed E-state index contributed by atoms with van der Waals surface area (Å²) in [4.78, 5) is 5.06. The average molecular weight is 781 g/mol. The zero-order valence-corrected chi connectivity index (χ0v) is 33.4. The lowest BCUT2D eigenvalue weighted by Crippen LogP contribution is -2.36. The summed E-state index contributed by atoms with van der Waals surface area (Å²) < 4.78 is 2.44. The lowest BCUT2D eigenvalue weighted by Gasteiger charge is -2.46. The van der Waals surface area contributed by atoms with E-state index in [0.717, 1.165) is 17.1 Å². The number of hydrogen-bond donors (Lipinski definition) is 0. The highest BCUT2D eigenvalue weighted by Gasteiger charge is 2.48. The third-order valence-corrected chi connectivity index (χ3v) is 14.2. The standard InChI is InChI=1S/C57H36N2S/c1-2-19-39(20-3-1)58(40-32-34-53-46(35-40)44-22-6-9-27-52(44)59(53)51-28-14-16-37-15-4-5-21-42(37)51)41-31-33-43-45-23-12-17-38-18-13-26-49(56(38)45)57(50(43)36-41)47-24-7-10-29-54(47)60-55-30-11-8-25-48(55)57/h1-36H. The van der Waals surface area contributed by atoms with Crippen molar-refractivity contribution in [2.45, 2.75) is 15.2 Å². The fourth-order valence-corrected chi connectivity index (χ4v) is 11.8. The summed E-state index contributed by atoms with van der Waals surface area (Å²) in [5.41, 5.74) is 14.3. The fourth-order valence-electron chi connectivity index (χ4n) is 10.6. The Morgan fingerprint density at radius 1 is 0.367 bits per heavy atom. The maximum absolute atomic E-state index is 2.50. The molecule has 0 atom stereocenters. The second-order valence-corrected chi connectivity index (χ2v) is 17.1. The van der Waals surface area contributed by atoms with Crippen LogP contribution >= 0.6 is 11.8 Å². The van der Waals surface area contributed by atoms with Gasteiger partial charge in [0, 0.05) is 43.0 Å². The topological polar surface area (TPSA) is 8.17 Å². The van der Waals surface area contributed by atoms with Crippen molar-refractivity contribution in [3.63, 3.8) is 0 Å². The van der Waals surface area contributed by atoms with Gasteiger partial charge in [0.2, 0.25) is 0 Å². The van der Waals surface area contributed by atoms with Crippen molar-refractivity contribution in [3.05, 3.63) is 241 Å². The van der Waals surface area contributed by atoms with Gasteiger partial charge < -0.3 is 9.47 Å². The number of rotatable bonds is 4. The van der Waals surface area contributed by atoms with Crippen LogP contribution in [0.1, 0.15) is 22.3 Å². The zero-order valence-electron chi connectivity index (χ0n) is 32.6. The van der Waals surface area contributed by atoms with Crippen molar-refractivity contribution in [1.29, 1.82) is 0 Å². The van der Waals surface area contributed by atoms with Gasteiger partial charge in [0.1, 0.15) is 0 Å². The number of nitrogens with zero attached hydrogens (tertiary/aromatic N) is 2. The Hall–Kier alpha value is -7.33. The highest BCUT2D eigenvalue weighted by atomic mass is 32.2. The maximum atomic E-state index is 2.50. The van der Waals surface area contributed by atoms with Gasteiger partial charge in [-0.2, -0.15) is 0 Å². The molecule has 0 saturated heterocycles. The van der Waals surface area contributed by atoms with E-state index in [2.05, 4.69) is 228 Å². The summed E-state index contributed by atoms with van der Waals surface area (Å²) in [5.74, 6) is 0. The molecule has 0 saturated carbocycles. The molecule has 2 nitrogen and oxygen atoms in total. The van der Waals surface area contributed by atoms with E-state index < -0.39 is 5.41 Å². The molecule has 11 aromatic rings. The molecule has 0 bridgehead atoms. The number of aromatic nitrogens is 1. The van der Waals surface area contributed by atoms with Crippen LogP contribution in [0.25, 0.3) is 60.2 Å². The minimum atomic E-state index is -0.532. The van der Waals surface area contributed by atoms with E-state index in [-0.39, 0.29) is 0 Å². The van der Waals surface area contributed by atoms with E-state index >= 15 is 0 Å². The van der Waals surface area contributed by atoms with Gasteiger partial charge in [0.05, 0.1) is 22.1 Å². The number of fused-ring (bicyclic) bond motifs is 12. The first kappa shape index (κ1) is 33.6. The molecule has 0 fully saturated rings. The van der Waals surface area contributed by atoms with Crippen LogP contribution in [-0.2, 0) is 5.41 Å². The van der Waals surface area contributed by atoms with Crippen molar-refractivity contribution >= 4 is 72.2 Å². The highest BCUT2D eigenvalue weighted by Crippen LogP contribution is 2.62. The molecule has 60 heavy (non-hydrogen) atoms. The third-order valence-electron chi connectivity index (χ3n) is 13.0. The van der Waals surface area contributed by atoms with E-state index in [0.29, 0.717) is 0 Å². The largest absolute Gasteiger partial charge is 0.310 e. The second kappa shape index (κ2) is 12.8. The molecule has 3 heteroatoms. The summed E-state index contributed by atoms with van der Waals surface area (Å²) in [6.07, 6.45) is 0. The first-order chi connectivity index (χ1) is 29.8. The Balaban J connectivity index is 1.10. The predicted molar refractivity (Wildman–Crippen MR) is 252 cm³/mol. The normalized spacial score (nSPS) is 13.4. The van der Waals surface area contributed by atoms with E-state index in [9.17, 15) is 0 Å². The molecule has 1 spiro atoms. The summed E-state index contributed by atoms with van der Waals surface area (Å²) in [5, 5.41) is 7.54. The molecule has 1 aromatic heterocycles. The lowest BCUT2D eigenvalue weighted by molar-refractivity contribution is 0.707. The predicted octanol–water partition coefficient (Wildman–Crippen LogP) is 15.4. The van der Waals surface area contributed by atoms with E-state index in [4.69, 9.17) is 0 Å². The zero-order chi connectivity index (χ0) is 39.4. The van der Waals surface area contributed by atoms with Gasteiger partial charge >= 0.3 is 0 Å². The monoisotopic (exact) mass is 780 g/mol. The second-order valence-electron chi connectivity index (χ2n) is 16.0. The van der Waals surface area contributed by atoms with E-state index in [1.807, 2.05) is 11.8 Å². The van der Waals surface area contributed by atoms with Crippen LogP contribution in [0.2, 0.25) is 0 Å². The van der Waals surface area contributed by atoms with Crippen molar-refractivity contribution in [1.82, 2.24) is 4.57 Å². The molecule has 1 aliphatic heterocycles. The first-order valence-electron chi connectivity index (χ1n) is 20.7. The third kappa shape index (κ3) is 4.61. The SMILES string of the molecule is c1ccc(N(c2ccc3c(c2)C2(c4ccccc4Sc4ccccc42)c2cccc4cccc-3c24)c2ccc3c(c2)c2ccccc2n3-c2cccc3ccccc23)cc1. The van der Waals surface area contributed by atoms with Gasteiger partial charge in [0.15, 0.2) is 0 Å². The molecule has 280 valence electrons. The summed E-state index contributed by atoms with van der Waals surface area (Å²) >= 11 is 1.89. The van der Waals surface area contributed by atoms with Gasteiger partial charge in [-0.1, -0.05) is 163 Å². The molecule has 0 unspecified atom stereocenters. The number of para-hydroxylation sites is 2. The Kier molecular flexibility index (Phi) is 7.19. The van der Waals surface area contributed by atoms with Crippen LogP contribution in [0.4, 0.5) is 17.1 Å². The molecule has 2 aliphatic rings. The molecular formula is C57H36N2S. The van der Waals surface area contributed by atoms with E-state index in [1.165, 1.54) is 92.2 Å². The van der Waals surface area contributed by atoms with Crippen molar-refractivity contribution < 1.29 is 0 Å². The van der Waals surface area contributed by atoms with Crippen LogP contribution in [0, 0.1) is 0 Å². The lowest BCUT2D eigenvalue weighted by atomic mass is 9.59. The Labute approximate surface area is 352 Å². The van der Waals surface area contributed by atoms with Crippen LogP contribution < -0.4 is 4.90 Å². The summed E-state index contributed by atoms with van der Waals surface area (Å²) in [7, 11) is 0.